The van der Waals surface area contributed by atoms with Crippen molar-refractivity contribution in [3.63, 3.8) is 0 Å². The molecule has 1 heterocycles. The van der Waals surface area contributed by atoms with E-state index in [0.717, 1.165) is 50.9 Å². The lowest BCUT2D eigenvalue weighted by Gasteiger charge is -2.23. The average molecular weight is 420 g/mol. The summed E-state index contributed by atoms with van der Waals surface area (Å²) in [7, 11) is 1.88. The first kappa shape index (κ1) is 22.5. The third kappa shape index (κ3) is 7.86. The molecule has 0 saturated carbocycles. The SMILES string of the molecule is CCNC(=NCc1ncnn1C)NCCCN(Cc1ccccc1)Cc1ccccc1. The van der Waals surface area contributed by atoms with Crippen LogP contribution in [-0.4, -0.2) is 45.3 Å². The molecule has 2 aromatic carbocycles. The van der Waals surface area contributed by atoms with Crippen molar-refractivity contribution >= 4 is 5.96 Å². The first-order chi connectivity index (χ1) is 15.2. The molecule has 0 aliphatic rings. The lowest BCUT2D eigenvalue weighted by Crippen LogP contribution is -2.38. The van der Waals surface area contributed by atoms with E-state index in [-0.39, 0.29) is 0 Å². The minimum absolute atomic E-state index is 0.500. The Balaban J connectivity index is 1.52. The maximum absolute atomic E-state index is 4.63. The van der Waals surface area contributed by atoms with Gasteiger partial charge in [-0.25, -0.2) is 9.98 Å². The van der Waals surface area contributed by atoms with E-state index in [9.17, 15) is 0 Å². The molecule has 0 saturated heterocycles. The van der Waals surface area contributed by atoms with Gasteiger partial charge in [0.05, 0.1) is 0 Å². The highest BCUT2D eigenvalue weighted by molar-refractivity contribution is 5.79. The second kappa shape index (κ2) is 12.5. The Morgan fingerprint density at radius 3 is 2.16 bits per heavy atom. The summed E-state index contributed by atoms with van der Waals surface area (Å²) in [6, 6.07) is 21.3. The van der Waals surface area contributed by atoms with Crippen molar-refractivity contribution in [2.75, 3.05) is 19.6 Å². The van der Waals surface area contributed by atoms with Gasteiger partial charge in [-0.3, -0.25) is 9.58 Å². The molecule has 0 radical (unpaired) electrons. The van der Waals surface area contributed by atoms with Gasteiger partial charge in [-0.05, 0) is 24.5 Å². The zero-order chi connectivity index (χ0) is 21.7. The van der Waals surface area contributed by atoms with Crippen LogP contribution in [-0.2, 0) is 26.7 Å². The Morgan fingerprint density at radius 2 is 1.61 bits per heavy atom. The first-order valence-electron chi connectivity index (χ1n) is 10.9. The maximum Gasteiger partial charge on any atom is 0.191 e. The van der Waals surface area contributed by atoms with Crippen molar-refractivity contribution in [2.45, 2.75) is 33.0 Å². The van der Waals surface area contributed by atoms with E-state index in [1.807, 2.05) is 7.05 Å². The molecule has 0 atom stereocenters. The smallest absolute Gasteiger partial charge is 0.191 e. The summed E-state index contributed by atoms with van der Waals surface area (Å²) in [6.45, 7) is 7.12. The number of nitrogens with one attached hydrogen (secondary N) is 2. The average Bonchev–Trinajstić information content (AvgIpc) is 3.21. The molecule has 0 unspecified atom stereocenters. The first-order valence-corrected chi connectivity index (χ1v) is 10.9. The molecule has 31 heavy (non-hydrogen) atoms. The van der Waals surface area contributed by atoms with Crippen LogP contribution in [0.3, 0.4) is 0 Å². The Labute approximate surface area is 185 Å². The molecule has 7 nitrogen and oxygen atoms in total. The van der Waals surface area contributed by atoms with Crippen LogP contribution in [0.1, 0.15) is 30.3 Å². The standard InChI is InChI=1S/C24H33N7/c1-3-25-24(27-17-23-28-20-29-30(23)2)26-15-10-16-31(18-21-11-6-4-7-12-21)19-22-13-8-5-9-14-22/h4-9,11-14,20H,3,10,15-19H2,1-2H3,(H2,25,26,27). The van der Waals surface area contributed by atoms with Crippen molar-refractivity contribution < 1.29 is 0 Å². The van der Waals surface area contributed by atoms with Crippen LogP contribution in [0.15, 0.2) is 72.0 Å². The Hall–Kier alpha value is -3.19. The van der Waals surface area contributed by atoms with Crippen molar-refractivity contribution in [3.8, 4) is 0 Å². The number of hydrogen-bond acceptors (Lipinski definition) is 4. The molecular formula is C24H33N7. The topological polar surface area (TPSA) is 70.4 Å². The number of aliphatic imine (C=N–C) groups is 1. The predicted molar refractivity (Wildman–Crippen MR) is 125 cm³/mol. The molecule has 0 spiro atoms. The van der Waals surface area contributed by atoms with Crippen LogP contribution >= 0.6 is 0 Å². The van der Waals surface area contributed by atoms with Gasteiger partial charge in [0.2, 0.25) is 0 Å². The lowest BCUT2D eigenvalue weighted by molar-refractivity contribution is 0.254. The van der Waals surface area contributed by atoms with E-state index < -0.39 is 0 Å². The third-order valence-corrected chi connectivity index (χ3v) is 4.97. The van der Waals surface area contributed by atoms with Crippen molar-refractivity contribution in [1.82, 2.24) is 30.3 Å². The summed E-state index contributed by atoms with van der Waals surface area (Å²) in [5, 5.41) is 10.8. The van der Waals surface area contributed by atoms with E-state index in [2.05, 4.69) is 98.2 Å². The van der Waals surface area contributed by atoms with Crippen LogP contribution in [0.4, 0.5) is 0 Å². The lowest BCUT2D eigenvalue weighted by atomic mass is 10.1. The number of guanidine groups is 1. The molecule has 0 bridgehead atoms. The number of benzene rings is 2. The summed E-state index contributed by atoms with van der Waals surface area (Å²) >= 11 is 0. The van der Waals surface area contributed by atoms with Gasteiger partial charge in [0.15, 0.2) is 5.96 Å². The minimum atomic E-state index is 0.500. The summed E-state index contributed by atoms with van der Waals surface area (Å²) in [5.74, 6) is 1.65. The summed E-state index contributed by atoms with van der Waals surface area (Å²) in [4.78, 5) is 11.4. The van der Waals surface area contributed by atoms with Crippen LogP contribution in [0.2, 0.25) is 0 Å². The highest BCUT2D eigenvalue weighted by atomic mass is 15.3. The molecule has 3 rings (SSSR count). The van der Waals surface area contributed by atoms with Gasteiger partial charge in [0.1, 0.15) is 18.7 Å². The molecule has 0 aliphatic heterocycles. The number of aryl methyl sites for hydroxylation is 1. The predicted octanol–water partition coefficient (Wildman–Crippen LogP) is 2.96. The molecule has 0 fully saturated rings. The highest BCUT2D eigenvalue weighted by Gasteiger charge is 2.08. The molecule has 7 heteroatoms. The normalized spacial score (nSPS) is 11.6. The number of nitrogens with zero attached hydrogens (tertiary/aromatic N) is 5. The minimum Gasteiger partial charge on any atom is -0.357 e. The van der Waals surface area contributed by atoms with Crippen LogP contribution in [0.5, 0.6) is 0 Å². The second-order valence-electron chi connectivity index (χ2n) is 7.46. The summed E-state index contributed by atoms with van der Waals surface area (Å²) in [6.07, 6.45) is 2.58. The van der Waals surface area contributed by atoms with Crippen LogP contribution in [0.25, 0.3) is 0 Å². The number of aromatic nitrogens is 3. The van der Waals surface area contributed by atoms with Crippen molar-refractivity contribution in [2.24, 2.45) is 12.0 Å². The van der Waals surface area contributed by atoms with Gasteiger partial charge in [-0.1, -0.05) is 60.7 Å². The second-order valence-corrected chi connectivity index (χ2v) is 7.46. The fraction of sp³-hybridized carbons (Fsp3) is 0.375. The molecule has 1 aromatic heterocycles. The molecule has 0 aliphatic carbocycles. The molecule has 3 aromatic rings. The Morgan fingerprint density at radius 1 is 0.968 bits per heavy atom. The van der Waals surface area contributed by atoms with Gasteiger partial charge in [-0.2, -0.15) is 5.10 Å². The quantitative estimate of drug-likeness (QED) is 0.284. The van der Waals surface area contributed by atoms with Crippen molar-refractivity contribution in [1.29, 1.82) is 0 Å². The zero-order valence-corrected chi connectivity index (χ0v) is 18.5. The number of rotatable bonds is 11. The van der Waals surface area contributed by atoms with Crippen LogP contribution in [0, 0.1) is 0 Å². The van der Waals surface area contributed by atoms with Gasteiger partial charge in [0, 0.05) is 39.8 Å². The fourth-order valence-electron chi connectivity index (χ4n) is 3.36. The van der Waals surface area contributed by atoms with E-state index >= 15 is 0 Å². The van der Waals surface area contributed by atoms with Gasteiger partial charge < -0.3 is 10.6 Å². The van der Waals surface area contributed by atoms with Gasteiger partial charge in [-0.15, -0.1) is 0 Å². The Kier molecular flexibility index (Phi) is 9.07. The molecule has 0 amide bonds. The number of hydrogen-bond donors (Lipinski definition) is 2. The summed E-state index contributed by atoms with van der Waals surface area (Å²) in [5.41, 5.74) is 2.68. The molecule has 2 N–H and O–H groups in total. The fourth-order valence-corrected chi connectivity index (χ4v) is 3.36. The van der Waals surface area contributed by atoms with E-state index in [1.54, 1.807) is 11.0 Å². The zero-order valence-electron chi connectivity index (χ0n) is 18.5. The van der Waals surface area contributed by atoms with Crippen molar-refractivity contribution in [3.05, 3.63) is 83.9 Å². The third-order valence-electron chi connectivity index (χ3n) is 4.97. The monoisotopic (exact) mass is 419 g/mol. The van der Waals surface area contributed by atoms with Gasteiger partial charge in [0.25, 0.3) is 0 Å². The highest BCUT2D eigenvalue weighted by Crippen LogP contribution is 2.10. The summed E-state index contributed by atoms with van der Waals surface area (Å²) < 4.78 is 1.75. The van der Waals surface area contributed by atoms with Crippen LogP contribution < -0.4 is 10.6 Å². The maximum atomic E-state index is 4.63. The molecular weight excluding hydrogens is 386 g/mol. The van der Waals surface area contributed by atoms with E-state index in [4.69, 9.17) is 0 Å². The van der Waals surface area contributed by atoms with Gasteiger partial charge >= 0.3 is 0 Å². The van der Waals surface area contributed by atoms with E-state index in [0.29, 0.717) is 6.54 Å². The Bertz CT molecular complexity index is 864. The van der Waals surface area contributed by atoms with E-state index in [1.165, 1.54) is 11.1 Å². The molecule has 164 valence electrons. The largest absolute Gasteiger partial charge is 0.357 e.